The Bertz CT molecular complexity index is 1010. The molecule has 0 aliphatic carbocycles. The van der Waals surface area contributed by atoms with E-state index < -0.39 is 36.2 Å². The maximum absolute atomic E-state index is 12.8. The molecular weight excluding hydrogens is 472 g/mol. The first-order valence-electron chi connectivity index (χ1n) is 11.0. The van der Waals surface area contributed by atoms with Crippen molar-refractivity contribution in [3.05, 3.63) is 66.2 Å². The number of aromatic nitrogens is 1. The van der Waals surface area contributed by atoms with E-state index in [4.69, 9.17) is 4.74 Å². The summed E-state index contributed by atoms with van der Waals surface area (Å²) in [6.45, 7) is 6.76. The van der Waals surface area contributed by atoms with Crippen LogP contribution in [0.1, 0.15) is 42.9 Å². The van der Waals surface area contributed by atoms with Gasteiger partial charge >= 0.3 is 5.97 Å². The summed E-state index contributed by atoms with van der Waals surface area (Å²) in [5, 5.41) is 18.5. The van der Waals surface area contributed by atoms with Crippen LogP contribution in [0, 0.1) is 0 Å². The molecule has 35 heavy (non-hydrogen) atoms. The lowest BCUT2D eigenvalue weighted by molar-refractivity contribution is -0.149. The highest BCUT2D eigenvalue weighted by Crippen LogP contribution is 2.10. The van der Waals surface area contributed by atoms with E-state index in [1.54, 1.807) is 31.2 Å². The number of carbonyl (C=O) groups excluding carboxylic acids is 4. The van der Waals surface area contributed by atoms with Gasteiger partial charge in [0.2, 0.25) is 5.91 Å². The Hall–Kier alpha value is -3.28. The number of ether oxygens (including phenoxy) is 1. The van der Waals surface area contributed by atoms with Gasteiger partial charge in [0, 0.05) is 12.7 Å². The predicted octanol–water partition coefficient (Wildman–Crippen LogP) is 1.34. The lowest BCUT2D eigenvalue weighted by Gasteiger charge is -2.23. The normalized spacial score (nSPS) is 23.5. The number of thioether (sulfide) groups is 1. The summed E-state index contributed by atoms with van der Waals surface area (Å²) in [7, 11) is 0. The number of hydrogen-bond donors (Lipinski definition) is 4. The molecular formula is C24H30N4O6S. The molecule has 0 saturated heterocycles. The van der Waals surface area contributed by atoms with E-state index in [1.165, 1.54) is 36.9 Å². The van der Waals surface area contributed by atoms with E-state index in [2.05, 4.69) is 27.5 Å². The lowest BCUT2D eigenvalue weighted by atomic mass is 10.2. The van der Waals surface area contributed by atoms with Crippen molar-refractivity contribution >= 4 is 34.7 Å². The molecule has 0 aromatic carbocycles. The first kappa shape index (κ1) is 28.0. The Kier molecular flexibility index (Phi) is 11.3. The first-order chi connectivity index (χ1) is 16.7. The zero-order chi connectivity index (χ0) is 25.8. The van der Waals surface area contributed by atoms with Crippen LogP contribution in [0.15, 0.2) is 54.8 Å². The van der Waals surface area contributed by atoms with Gasteiger partial charge in [0.05, 0.1) is 24.4 Å². The summed E-state index contributed by atoms with van der Waals surface area (Å²) >= 11 is 1.17. The van der Waals surface area contributed by atoms with E-state index in [1.807, 2.05) is 0 Å². The third-order valence-electron chi connectivity index (χ3n) is 4.79. The Morgan fingerprint density at radius 3 is 2.80 bits per heavy atom. The second kappa shape index (κ2) is 14.2. The molecule has 1 aromatic rings. The predicted molar refractivity (Wildman–Crippen MR) is 132 cm³/mol. The molecule has 0 fully saturated rings. The third kappa shape index (κ3) is 9.47. The smallest absolute Gasteiger partial charge is 0.327 e. The van der Waals surface area contributed by atoms with Gasteiger partial charge in [-0.2, -0.15) is 0 Å². The van der Waals surface area contributed by atoms with Crippen molar-refractivity contribution in [1.29, 1.82) is 0 Å². The number of cyclic esters (lactones) is 1. The van der Waals surface area contributed by atoms with Gasteiger partial charge in [-0.05, 0) is 31.6 Å². The number of nitrogens with zero attached hydrogens (tertiary/aromatic N) is 1. The molecule has 3 atom stereocenters. The molecule has 2 amide bonds. The molecule has 1 aliphatic heterocycles. The third-order valence-corrected chi connectivity index (χ3v) is 5.64. The molecule has 4 N–H and O–H groups in total. The van der Waals surface area contributed by atoms with Gasteiger partial charge in [-0.1, -0.05) is 36.1 Å². The molecule has 2 bridgehead atoms. The largest absolute Gasteiger partial charge is 0.456 e. The summed E-state index contributed by atoms with van der Waals surface area (Å²) in [6.07, 6.45) is 4.14. The highest BCUT2D eigenvalue weighted by Gasteiger charge is 2.26. The first-order valence-corrected chi connectivity index (χ1v) is 12.0. The van der Waals surface area contributed by atoms with Gasteiger partial charge in [-0.15, -0.1) is 6.58 Å². The maximum Gasteiger partial charge on any atom is 0.327 e. The van der Waals surface area contributed by atoms with Crippen molar-refractivity contribution in [1.82, 2.24) is 20.9 Å². The second-order valence-electron chi connectivity index (χ2n) is 7.51. The minimum atomic E-state index is -1.42. The number of carbonyl (C=O) groups is 4. The molecule has 1 aliphatic rings. The minimum absolute atomic E-state index is 0.00161. The molecule has 0 spiro atoms. The van der Waals surface area contributed by atoms with Crippen LogP contribution in [0.4, 0.5) is 0 Å². The molecule has 10 nitrogen and oxygen atoms in total. The van der Waals surface area contributed by atoms with Crippen molar-refractivity contribution in [2.75, 3.05) is 5.75 Å². The molecule has 1 unspecified atom stereocenters. The van der Waals surface area contributed by atoms with Crippen LogP contribution >= 0.6 is 11.8 Å². The summed E-state index contributed by atoms with van der Waals surface area (Å²) in [5.74, 6) is -1.17. The summed E-state index contributed by atoms with van der Waals surface area (Å²) < 4.78 is 5.51. The van der Waals surface area contributed by atoms with Gasteiger partial charge in [0.15, 0.2) is 5.12 Å². The molecule has 0 radical (unpaired) electrons. The fourth-order valence-corrected chi connectivity index (χ4v) is 3.57. The van der Waals surface area contributed by atoms with Gasteiger partial charge in [-0.3, -0.25) is 19.7 Å². The number of fused-ring (bicyclic) bond motifs is 2. The Balaban J connectivity index is 2.29. The average molecular weight is 503 g/mol. The molecule has 11 heteroatoms. The average Bonchev–Trinajstić information content (AvgIpc) is 2.83. The number of allylic oxidation sites excluding steroid dienone is 2. The molecule has 2 heterocycles. The van der Waals surface area contributed by atoms with Gasteiger partial charge in [0.25, 0.3) is 5.91 Å². The number of rotatable bonds is 5. The number of aliphatic hydroxyl groups excluding tert-OH is 1. The van der Waals surface area contributed by atoms with Crippen molar-refractivity contribution in [2.24, 2.45) is 0 Å². The van der Waals surface area contributed by atoms with Gasteiger partial charge in [-0.25, -0.2) is 9.78 Å². The van der Waals surface area contributed by atoms with E-state index in [9.17, 15) is 24.3 Å². The SMILES string of the molecule is C=C[C@@H]1NC(O)/C(=C/C)NC(=O)c2cccc(n2)CNC(=O)C[C@@H](/C=C/CCSC(C)=O)OC1=O. The Labute approximate surface area is 208 Å². The number of amides is 2. The topological polar surface area (TPSA) is 147 Å². The molecule has 188 valence electrons. The maximum atomic E-state index is 12.8. The molecule has 0 saturated carbocycles. The van der Waals surface area contributed by atoms with Crippen molar-refractivity contribution in [3.63, 3.8) is 0 Å². The van der Waals surface area contributed by atoms with Crippen LogP contribution < -0.4 is 16.0 Å². The molecule has 2 rings (SSSR count). The fraction of sp³-hybridized carbons (Fsp3) is 0.375. The Morgan fingerprint density at radius 1 is 1.34 bits per heavy atom. The number of aliphatic hydroxyl groups is 1. The number of nitrogens with one attached hydrogen (secondary N) is 3. The van der Waals surface area contributed by atoms with Crippen LogP contribution in [0.3, 0.4) is 0 Å². The van der Waals surface area contributed by atoms with Gasteiger partial charge < -0.3 is 20.5 Å². The monoisotopic (exact) mass is 502 g/mol. The fourth-order valence-electron chi connectivity index (χ4n) is 3.02. The zero-order valence-electron chi connectivity index (χ0n) is 19.7. The van der Waals surface area contributed by atoms with Crippen LogP contribution in [-0.4, -0.2) is 57.1 Å². The number of esters is 1. The van der Waals surface area contributed by atoms with E-state index in [0.717, 1.165) is 0 Å². The minimum Gasteiger partial charge on any atom is -0.456 e. The van der Waals surface area contributed by atoms with E-state index in [0.29, 0.717) is 17.9 Å². The highest BCUT2D eigenvalue weighted by atomic mass is 32.2. The quantitative estimate of drug-likeness (QED) is 0.266. The molecule has 1 aromatic heterocycles. The van der Waals surface area contributed by atoms with Crippen molar-refractivity contribution in [2.45, 2.75) is 51.6 Å². The van der Waals surface area contributed by atoms with Crippen molar-refractivity contribution in [3.8, 4) is 0 Å². The van der Waals surface area contributed by atoms with Crippen LogP contribution in [0.5, 0.6) is 0 Å². The summed E-state index contributed by atoms with van der Waals surface area (Å²) in [4.78, 5) is 53.3. The highest BCUT2D eigenvalue weighted by molar-refractivity contribution is 8.13. The van der Waals surface area contributed by atoms with E-state index >= 15 is 0 Å². The number of pyridine rings is 1. The van der Waals surface area contributed by atoms with Gasteiger partial charge in [0.1, 0.15) is 24.1 Å². The van der Waals surface area contributed by atoms with Crippen LogP contribution in [0.2, 0.25) is 0 Å². The standard InChI is InChI=1S/C24H30N4O6S/c1-4-18-22(31)28-19(5-2)24(33)34-17(10-6-7-12-35-15(3)29)13-21(30)25-14-16-9-8-11-20(26-16)23(32)27-18/h4-6,8-11,17,19,22,28,31H,2,7,12-14H2,1,3H3,(H,25,30)(H,27,32)/b10-6+,18-4-/t17-,19+,22?/m1/s1. The Morgan fingerprint density at radius 2 is 2.11 bits per heavy atom. The number of hydrogen-bond acceptors (Lipinski definition) is 9. The van der Waals surface area contributed by atoms with Crippen LogP contribution in [0.25, 0.3) is 0 Å². The van der Waals surface area contributed by atoms with Crippen LogP contribution in [-0.2, 0) is 25.7 Å². The second-order valence-corrected chi connectivity index (χ2v) is 8.78. The summed E-state index contributed by atoms with van der Waals surface area (Å²) in [6, 6.07) is 3.67. The van der Waals surface area contributed by atoms with Crippen molar-refractivity contribution < 1.29 is 29.0 Å². The lowest BCUT2D eigenvalue weighted by Crippen LogP contribution is -2.47. The zero-order valence-corrected chi connectivity index (χ0v) is 20.5. The van der Waals surface area contributed by atoms with E-state index in [-0.39, 0.29) is 29.5 Å². The summed E-state index contributed by atoms with van der Waals surface area (Å²) in [5.41, 5.74) is 0.664.